The first-order chi connectivity index (χ1) is 11.5. The van der Waals surface area contributed by atoms with Crippen LogP contribution in [0.15, 0.2) is 0 Å². The van der Waals surface area contributed by atoms with Crippen LogP contribution in [0.1, 0.15) is 12.8 Å². The van der Waals surface area contributed by atoms with Crippen molar-refractivity contribution in [3.05, 3.63) is 0 Å². The summed E-state index contributed by atoms with van der Waals surface area (Å²) in [4.78, 5) is 66.3. The van der Waals surface area contributed by atoms with Crippen LogP contribution in [0.2, 0.25) is 0 Å². The van der Waals surface area contributed by atoms with Gasteiger partial charge in [0.25, 0.3) is 5.91 Å². The second-order valence-corrected chi connectivity index (χ2v) is 4.80. The maximum atomic E-state index is 11.9. The lowest BCUT2D eigenvalue weighted by molar-refractivity contribution is -0.151. The highest BCUT2D eigenvalue weighted by Crippen LogP contribution is 2.16. The third kappa shape index (κ3) is 9.50. The van der Waals surface area contributed by atoms with Crippen molar-refractivity contribution in [2.75, 3.05) is 19.6 Å². The Morgan fingerprint density at radius 1 is 0.640 bits per heavy atom. The van der Waals surface area contributed by atoms with Crippen LogP contribution in [-0.2, 0) is 28.8 Å². The fourth-order valence-corrected chi connectivity index (χ4v) is 1.55. The molecule has 0 aliphatic carbocycles. The molecule has 0 saturated heterocycles. The average molecular weight is 363 g/mol. The third-order valence-electron chi connectivity index (χ3n) is 2.60. The predicted molar refractivity (Wildman–Crippen MR) is 76.1 cm³/mol. The molecule has 0 aromatic heterocycles. The molecule has 0 radical (unpaired) electrons. The maximum absolute atomic E-state index is 11.9. The molecule has 0 unspecified atom stereocenters. The minimum absolute atomic E-state index is 0.809. The standard InChI is InChI=1S/C12H17N3O10/c16-6(13-3-8(18)19)1-12(25,11(24)15-5-10(22)23)2-7(17)14-4-9(20)21/h25H,1-5H2,(H,13,16)(H,14,17)(H,15,24)(H,18,19)(H,20,21)(H,22,23). The fraction of sp³-hybridized carbons (Fsp3) is 0.500. The monoisotopic (exact) mass is 363 g/mol. The Hall–Kier alpha value is -3.22. The Labute approximate surface area is 140 Å². The van der Waals surface area contributed by atoms with Crippen LogP contribution in [0, 0.1) is 0 Å². The van der Waals surface area contributed by atoms with E-state index in [-0.39, 0.29) is 0 Å². The number of carbonyl (C=O) groups is 6. The molecular weight excluding hydrogens is 346 g/mol. The molecule has 13 heteroatoms. The molecule has 0 heterocycles. The number of rotatable bonds is 11. The summed E-state index contributed by atoms with van der Waals surface area (Å²) in [6.07, 6.45) is -2.10. The Morgan fingerprint density at radius 2 is 0.960 bits per heavy atom. The van der Waals surface area contributed by atoms with E-state index in [1.807, 2.05) is 10.6 Å². The van der Waals surface area contributed by atoms with E-state index in [9.17, 15) is 33.9 Å². The zero-order valence-electron chi connectivity index (χ0n) is 12.8. The van der Waals surface area contributed by atoms with Crippen LogP contribution < -0.4 is 16.0 Å². The first-order valence-electron chi connectivity index (χ1n) is 6.65. The maximum Gasteiger partial charge on any atom is 0.322 e. The Morgan fingerprint density at radius 3 is 1.28 bits per heavy atom. The highest BCUT2D eigenvalue weighted by atomic mass is 16.4. The third-order valence-corrected chi connectivity index (χ3v) is 2.60. The summed E-state index contributed by atoms with van der Waals surface area (Å²) < 4.78 is 0. The van der Waals surface area contributed by atoms with Crippen molar-refractivity contribution in [1.29, 1.82) is 0 Å². The summed E-state index contributed by atoms with van der Waals surface area (Å²) in [5, 5.41) is 41.1. The number of carbonyl (C=O) groups excluding carboxylic acids is 3. The van der Waals surface area contributed by atoms with Gasteiger partial charge in [-0.05, 0) is 0 Å². The van der Waals surface area contributed by atoms with Crippen molar-refractivity contribution >= 4 is 35.6 Å². The molecule has 0 saturated carbocycles. The lowest BCUT2D eigenvalue weighted by Crippen LogP contribution is -2.53. The quantitative estimate of drug-likeness (QED) is 0.189. The van der Waals surface area contributed by atoms with Gasteiger partial charge < -0.3 is 36.4 Å². The van der Waals surface area contributed by atoms with Gasteiger partial charge in [0, 0.05) is 0 Å². The molecule has 0 atom stereocenters. The molecule has 0 aliphatic rings. The lowest BCUT2D eigenvalue weighted by Gasteiger charge is -2.25. The molecule has 25 heavy (non-hydrogen) atoms. The van der Waals surface area contributed by atoms with Gasteiger partial charge in [-0.1, -0.05) is 0 Å². The highest BCUT2D eigenvalue weighted by Gasteiger charge is 2.40. The molecule has 3 amide bonds. The summed E-state index contributed by atoms with van der Waals surface area (Å²) in [6.45, 7) is -2.53. The zero-order chi connectivity index (χ0) is 19.6. The van der Waals surface area contributed by atoms with Crippen LogP contribution in [0.4, 0.5) is 0 Å². The SMILES string of the molecule is O=C(O)CNC(=O)CC(O)(CC(=O)NCC(=O)O)C(=O)NCC(=O)O. The first-order valence-corrected chi connectivity index (χ1v) is 6.65. The molecule has 0 rings (SSSR count). The van der Waals surface area contributed by atoms with Crippen molar-refractivity contribution in [1.82, 2.24) is 16.0 Å². The lowest BCUT2D eigenvalue weighted by atomic mass is 9.93. The predicted octanol–water partition coefficient (Wildman–Crippen LogP) is -3.90. The molecule has 140 valence electrons. The van der Waals surface area contributed by atoms with Gasteiger partial charge in [-0.15, -0.1) is 0 Å². The van der Waals surface area contributed by atoms with Crippen LogP contribution in [0.5, 0.6) is 0 Å². The minimum Gasteiger partial charge on any atom is -0.480 e. The minimum atomic E-state index is -2.71. The zero-order valence-corrected chi connectivity index (χ0v) is 12.8. The van der Waals surface area contributed by atoms with E-state index >= 15 is 0 Å². The average Bonchev–Trinajstić information content (AvgIpc) is 2.48. The highest BCUT2D eigenvalue weighted by molar-refractivity contribution is 5.97. The van der Waals surface area contributed by atoms with Crippen LogP contribution in [0.3, 0.4) is 0 Å². The van der Waals surface area contributed by atoms with Gasteiger partial charge in [0.05, 0.1) is 12.8 Å². The number of carboxylic acids is 3. The van der Waals surface area contributed by atoms with E-state index in [1.54, 1.807) is 5.32 Å². The summed E-state index contributed by atoms with van der Waals surface area (Å²) in [6, 6.07) is 0. The van der Waals surface area contributed by atoms with Crippen LogP contribution in [-0.4, -0.2) is 81.3 Å². The molecule has 0 spiro atoms. The molecule has 0 aromatic rings. The van der Waals surface area contributed by atoms with E-state index in [4.69, 9.17) is 15.3 Å². The molecule has 13 nitrogen and oxygen atoms in total. The van der Waals surface area contributed by atoms with Crippen molar-refractivity contribution in [3.63, 3.8) is 0 Å². The van der Waals surface area contributed by atoms with Gasteiger partial charge in [0.2, 0.25) is 11.8 Å². The molecule has 0 fully saturated rings. The van der Waals surface area contributed by atoms with Gasteiger partial charge in [-0.25, -0.2) is 0 Å². The number of nitrogens with one attached hydrogen (secondary N) is 3. The Balaban J connectivity index is 5.06. The Kier molecular flexibility index (Phi) is 8.55. The van der Waals surface area contributed by atoms with Crippen molar-refractivity contribution in [3.8, 4) is 0 Å². The summed E-state index contributed by atoms with van der Waals surface area (Å²) >= 11 is 0. The Bertz CT molecular complexity index is 541. The van der Waals surface area contributed by atoms with Gasteiger partial charge in [0.15, 0.2) is 5.60 Å². The van der Waals surface area contributed by atoms with E-state index in [1.165, 1.54) is 0 Å². The van der Waals surface area contributed by atoms with Gasteiger partial charge in [-0.3, -0.25) is 28.8 Å². The molecule has 0 bridgehead atoms. The number of amides is 3. The number of aliphatic carboxylic acids is 3. The molecule has 0 aliphatic heterocycles. The smallest absolute Gasteiger partial charge is 0.322 e. The van der Waals surface area contributed by atoms with Crippen LogP contribution >= 0.6 is 0 Å². The van der Waals surface area contributed by atoms with E-state index in [2.05, 4.69) is 0 Å². The number of hydrogen-bond donors (Lipinski definition) is 7. The van der Waals surface area contributed by atoms with Crippen LogP contribution in [0.25, 0.3) is 0 Å². The van der Waals surface area contributed by atoms with E-state index in [0.717, 1.165) is 0 Å². The van der Waals surface area contributed by atoms with Crippen molar-refractivity contribution in [2.45, 2.75) is 18.4 Å². The number of carboxylic acid groups (broad SMARTS) is 3. The first kappa shape index (κ1) is 21.8. The fourth-order valence-electron chi connectivity index (χ4n) is 1.55. The molecule has 0 aromatic carbocycles. The summed E-state index contributed by atoms with van der Waals surface area (Å²) in [7, 11) is 0. The second kappa shape index (κ2) is 9.82. The largest absolute Gasteiger partial charge is 0.480 e. The molecular formula is C12H17N3O10. The number of hydrogen-bond acceptors (Lipinski definition) is 7. The van der Waals surface area contributed by atoms with E-state index < -0.39 is 73.7 Å². The van der Waals surface area contributed by atoms with Gasteiger partial charge in [0.1, 0.15) is 19.6 Å². The molecule has 7 N–H and O–H groups in total. The van der Waals surface area contributed by atoms with Crippen molar-refractivity contribution in [2.24, 2.45) is 0 Å². The van der Waals surface area contributed by atoms with Gasteiger partial charge >= 0.3 is 17.9 Å². The second-order valence-electron chi connectivity index (χ2n) is 4.80. The topological polar surface area (TPSA) is 219 Å². The number of aliphatic hydroxyl groups is 1. The van der Waals surface area contributed by atoms with E-state index in [0.29, 0.717) is 0 Å². The van der Waals surface area contributed by atoms with Gasteiger partial charge in [-0.2, -0.15) is 0 Å². The summed E-state index contributed by atoms with van der Waals surface area (Å²) in [5.74, 6) is -7.81. The van der Waals surface area contributed by atoms with Crippen molar-refractivity contribution < 1.29 is 49.2 Å². The summed E-state index contributed by atoms with van der Waals surface area (Å²) in [5.41, 5.74) is -2.71. The normalized spacial score (nSPS) is 10.4.